The highest BCUT2D eigenvalue weighted by Crippen LogP contribution is 2.31. The van der Waals surface area contributed by atoms with Crippen molar-refractivity contribution in [2.45, 2.75) is 33.7 Å². The molecule has 1 aliphatic rings. The Bertz CT molecular complexity index is 1400. The first kappa shape index (κ1) is 22.6. The molecule has 0 saturated carbocycles. The van der Waals surface area contributed by atoms with Crippen LogP contribution in [-0.2, 0) is 17.8 Å². The summed E-state index contributed by atoms with van der Waals surface area (Å²) in [4.78, 5) is 27.0. The van der Waals surface area contributed by atoms with Gasteiger partial charge in [-0.15, -0.1) is 0 Å². The van der Waals surface area contributed by atoms with Gasteiger partial charge in [0.25, 0.3) is 5.91 Å². The van der Waals surface area contributed by atoms with Gasteiger partial charge in [0.1, 0.15) is 5.69 Å². The van der Waals surface area contributed by atoms with Gasteiger partial charge in [-0.2, -0.15) is 5.10 Å². The van der Waals surface area contributed by atoms with Gasteiger partial charge in [-0.3, -0.25) is 14.3 Å². The maximum atomic E-state index is 13.4. The lowest BCUT2D eigenvalue weighted by Gasteiger charge is -2.15. The second kappa shape index (κ2) is 9.22. The number of aryl methyl sites for hydroxylation is 2. The maximum Gasteiger partial charge on any atom is 0.259 e. The molecule has 0 spiro atoms. The van der Waals surface area contributed by atoms with Crippen molar-refractivity contribution in [3.8, 4) is 11.3 Å². The SMILES string of the molecule is CC(=O)N1CCc2cc(NC(=O)c3cn(Cc4ccc(C)cc4)nc3-c3ccc(C)cc3)ccc21. The minimum Gasteiger partial charge on any atom is -0.322 e. The van der Waals surface area contributed by atoms with Gasteiger partial charge < -0.3 is 10.2 Å². The van der Waals surface area contributed by atoms with E-state index in [0.717, 1.165) is 34.4 Å². The summed E-state index contributed by atoms with van der Waals surface area (Å²) in [6.07, 6.45) is 2.59. The van der Waals surface area contributed by atoms with E-state index in [0.29, 0.717) is 30.0 Å². The topological polar surface area (TPSA) is 67.2 Å². The maximum absolute atomic E-state index is 13.4. The fraction of sp³-hybridized carbons (Fsp3) is 0.207. The number of anilines is 2. The van der Waals surface area contributed by atoms with E-state index >= 15 is 0 Å². The van der Waals surface area contributed by atoms with Gasteiger partial charge in [-0.1, -0.05) is 59.7 Å². The number of hydrogen-bond donors (Lipinski definition) is 1. The van der Waals surface area contributed by atoms with Crippen LogP contribution in [0.2, 0.25) is 0 Å². The van der Waals surface area contributed by atoms with Crippen molar-refractivity contribution in [1.29, 1.82) is 0 Å². The molecule has 0 radical (unpaired) electrons. The van der Waals surface area contributed by atoms with E-state index in [-0.39, 0.29) is 11.8 Å². The largest absolute Gasteiger partial charge is 0.322 e. The lowest BCUT2D eigenvalue weighted by atomic mass is 10.1. The van der Waals surface area contributed by atoms with Gasteiger partial charge in [0, 0.05) is 36.6 Å². The lowest BCUT2D eigenvalue weighted by molar-refractivity contribution is -0.116. The molecule has 1 aromatic heterocycles. The number of benzene rings is 3. The standard InChI is InChI=1S/C29H28N4O2/c1-19-4-8-22(9-5-19)17-32-18-26(28(31-32)23-10-6-20(2)7-11-23)29(35)30-25-12-13-27-24(16-25)14-15-33(27)21(3)34/h4-13,16,18H,14-15,17H2,1-3H3,(H,30,35). The fourth-order valence-electron chi connectivity index (χ4n) is 4.48. The molecule has 0 fully saturated rings. The molecule has 6 heteroatoms. The number of nitrogens with one attached hydrogen (secondary N) is 1. The predicted octanol–water partition coefficient (Wildman–Crippen LogP) is 5.38. The van der Waals surface area contributed by atoms with Crippen LogP contribution in [0.3, 0.4) is 0 Å². The zero-order valence-corrected chi connectivity index (χ0v) is 20.2. The van der Waals surface area contributed by atoms with Crippen LogP contribution in [0.15, 0.2) is 72.9 Å². The Labute approximate surface area is 205 Å². The third kappa shape index (κ3) is 4.73. The van der Waals surface area contributed by atoms with E-state index in [1.54, 1.807) is 11.8 Å². The van der Waals surface area contributed by atoms with Gasteiger partial charge in [0.15, 0.2) is 0 Å². The van der Waals surface area contributed by atoms with Crippen LogP contribution in [0, 0.1) is 13.8 Å². The van der Waals surface area contributed by atoms with Crippen molar-refractivity contribution in [1.82, 2.24) is 9.78 Å². The second-order valence-corrected chi connectivity index (χ2v) is 9.16. The molecule has 0 unspecified atom stereocenters. The van der Waals surface area contributed by atoms with Gasteiger partial charge in [0.2, 0.25) is 5.91 Å². The van der Waals surface area contributed by atoms with Crippen LogP contribution in [0.4, 0.5) is 11.4 Å². The van der Waals surface area contributed by atoms with Crippen molar-refractivity contribution in [3.05, 3.63) is 101 Å². The highest BCUT2D eigenvalue weighted by Gasteiger charge is 2.23. The third-order valence-electron chi connectivity index (χ3n) is 6.41. The summed E-state index contributed by atoms with van der Waals surface area (Å²) in [5.74, 6) is -0.179. The van der Waals surface area contributed by atoms with E-state index in [4.69, 9.17) is 5.10 Å². The number of amides is 2. The van der Waals surface area contributed by atoms with Crippen LogP contribution in [-0.4, -0.2) is 28.1 Å². The summed E-state index contributed by atoms with van der Waals surface area (Å²) >= 11 is 0. The summed E-state index contributed by atoms with van der Waals surface area (Å²) in [6.45, 7) is 6.92. The number of rotatable bonds is 5. The Balaban J connectivity index is 1.45. The van der Waals surface area contributed by atoms with Gasteiger partial charge in [-0.25, -0.2) is 0 Å². The average molecular weight is 465 g/mol. The normalized spacial score (nSPS) is 12.5. The number of hydrogen-bond acceptors (Lipinski definition) is 3. The first-order chi connectivity index (χ1) is 16.9. The Morgan fingerprint density at radius 1 is 0.943 bits per heavy atom. The summed E-state index contributed by atoms with van der Waals surface area (Å²) in [6, 6.07) is 22.1. The van der Waals surface area contributed by atoms with E-state index in [1.807, 2.05) is 60.3 Å². The lowest BCUT2D eigenvalue weighted by Crippen LogP contribution is -2.25. The Kier molecular flexibility index (Phi) is 5.95. The van der Waals surface area contributed by atoms with Crippen LogP contribution in [0.25, 0.3) is 11.3 Å². The Hall–Kier alpha value is -4.19. The molecule has 2 amide bonds. The third-order valence-corrected chi connectivity index (χ3v) is 6.41. The van der Waals surface area contributed by atoms with Crippen LogP contribution in [0.5, 0.6) is 0 Å². The predicted molar refractivity (Wildman–Crippen MR) is 139 cm³/mol. The molecule has 6 nitrogen and oxygen atoms in total. The molecule has 0 saturated heterocycles. The molecule has 4 aromatic rings. The summed E-state index contributed by atoms with van der Waals surface area (Å²) in [5, 5.41) is 7.83. The van der Waals surface area contributed by atoms with E-state index in [1.165, 1.54) is 5.56 Å². The van der Waals surface area contributed by atoms with Gasteiger partial charge >= 0.3 is 0 Å². The van der Waals surface area contributed by atoms with Crippen molar-refractivity contribution < 1.29 is 9.59 Å². The number of fused-ring (bicyclic) bond motifs is 1. The van der Waals surface area contributed by atoms with Gasteiger partial charge in [-0.05, 0) is 49.6 Å². The molecule has 176 valence electrons. The number of aromatic nitrogens is 2. The molecule has 3 aromatic carbocycles. The quantitative estimate of drug-likeness (QED) is 0.431. The van der Waals surface area contributed by atoms with E-state index in [9.17, 15) is 9.59 Å². The Morgan fingerprint density at radius 2 is 1.63 bits per heavy atom. The summed E-state index contributed by atoms with van der Waals surface area (Å²) in [5.41, 5.74) is 8.23. The minimum absolute atomic E-state index is 0.0317. The number of carbonyl (C=O) groups excluding carboxylic acids is 2. The molecular formula is C29H28N4O2. The highest BCUT2D eigenvalue weighted by molar-refractivity contribution is 6.08. The van der Waals surface area contributed by atoms with E-state index < -0.39 is 0 Å². The first-order valence-electron chi connectivity index (χ1n) is 11.8. The summed E-state index contributed by atoms with van der Waals surface area (Å²) in [7, 11) is 0. The summed E-state index contributed by atoms with van der Waals surface area (Å²) < 4.78 is 1.82. The monoisotopic (exact) mass is 464 g/mol. The van der Waals surface area contributed by atoms with Gasteiger partial charge in [0.05, 0.1) is 12.1 Å². The molecule has 0 atom stereocenters. The van der Waals surface area contributed by atoms with Crippen molar-refractivity contribution >= 4 is 23.2 Å². The van der Waals surface area contributed by atoms with Crippen LogP contribution >= 0.6 is 0 Å². The minimum atomic E-state index is -0.211. The molecule has 2 heterocycles. The van der Waals surface area contributed by atoms with Crippen LogP contribution < -0.4 is 10.2 Å². The smallest absolute Gasteiger partial charge is 0.259 e. The molecule has 1 aliphatic heterocycles. The average Bonchev–Trinajstić information content (AvgIpc) is 3.45. The zero-order chi connectivity index (χ0) is 24.5. The van der Waals surface area contributed by atoms with Crippen molar-refractivity contribution in [2.24, 2.45) is 0 Å². The van der Waals surface area contributed by atoms with Crippen LogP contribution in [0.1, 0.15) is 39.5 Å². The molecule has 5 rings (SSSR count). The fourth-order valence-corrected chi connectivity index (χ4v) is 4.48. The highest BCUT2D eigenvalue weighted by atomic mass is 16.2. The molecule has 35 heavy (non-hydrogen) atoms. The van der Waals surface area contributed by atoms with Crippen molar-refractivity contribution in [2.75, 3.05) is 16.8 Å². The number of nitrogens with zero attached hydrogens (tertiary/aromatic N) is 3. The second-order valence-electron chi connectivity index (χ2n) is 9.16. The first-order valence-corrected chi connectivity index (χ1v) is 11.8. The van der Waals surface area contributed by atoms with E-state index in [2.05, 4.69) is 36.5 Å². The van der Waals surface area contributed by atoms with Crippen molar-refractivity contribution in [3.63, 3.8) is 0 Å². The zero-order valence-electron chi connectivity index (χ0n) is 20.2. The molecular weight excluding hydrogens is 436 g/mol. The molecule has 0 aliphatic carbocycles. The Morgan fingerprint density at radius 3 is 2.31 bits per heavy atom. The number of carbonyl (C=O) groups is 2. The molecule has 1 N–H and O–H groups in total. The molecule has 0 bridgehead atoms.